The van der Waals surface area contributed by atoms with Crippen molar-refractivity contribution in [2.24, 2.45) is 0 Å². The van der Waals surface area contributed by atoms with Crippen molar-refractivity contribution in [3.05, 3.63) is 17.2 Å². The number of imidazole rings is 1. The molecule has 1 N–H and O–H groups in total. The molecule has 0 bridgehead atoms. The molecule has 0 spiro atoms. The van der Waals surface area contributed by atoms with E-state index in [1.54, 1.807) is 0 Å². The summed E-state index contributed by atoms with van der Waals surface area (Å²) >= 11 is 0. The second kappa shape index (κ2) is 4.56. The fraction of sp³-hybridized carbons (Fsp3) is 0.786. The highest BCUT2D eigenvalue weighted by Gasteiger charge is 2.43. The Morgan fingerprint density at radius 3 is 2.75 bits per heavy atom. The predicted molar refractivity (Wildman–Crippen MR) is 78.6 cm³/mol. The van der Waals surface area contributed by atoms with Gasteiger partial charge >= 0.3 is 0 Å². The van der Waals surface area contributed by atoms with Gasteiger partial charge in [-0.2, -0.15) is 0 Å². The second-order valence-electron chi connectivity index (χ2n) is 6.62. The van der Waals surface area contributed by atoms with Gasteiger partial charge in [0.15, 0.2) is 9.84 Å². The zero-order valence-electron chi connectivity index (χ0n) is 12.4. The van der Waals surface area contributed by atoms with E-state index in [1.807, 2.05) is 0 Å². The van der Waals surface area contributed by atoms with Gasteiger partial charge in [0.1, 0.15) is 5.82 Å². The Balaban J connectivity index is 2.15. The highest BCUT2D eigenvalue weighted by atomic mass is 32.2. The number of rotatable bonds is 2. The summed E-state index contributed by atoms with van der Waals surface area (Å²) in [6.07, 6.45) is 1.63. The minimum Gasteiger partial charge on any atom is -0.325 e. The molecule has 2 aliphatic rings. The summed E-state index contributed by atoms with van der Waals surface area (Å²) in [7, 11) is -2.91. The van der Waals surface area contributed by atoms with Crippen molar-refractivity contribution < 1.29 is 8.42 Å². The average molecular weight is 297 g/mol. The van der Waals surface area contributed by atoms with E-state index < -0.39 is 9.84 Å². The van der Waals surface area contributed by atoms with Gasteiger partial charge < -0.3 is 9.88 Å². The normalized spacial score (nSPS) is 28.8. The van der Waals surface area contributed by atoms with Crippen molar-refractivity contribution in [1.82, 2.24) is 14.9 Å². The average Bonchev–Trinajstić information content (AvgIpc) is 2.88. The highest BCUT2D eigenvalue weighted by Crippen LogP contribution is 2.36. The predicted octanol–water partition coefficient (Wildman–Crippen LogP) is 1.19. The molecule has 1 atom stereocenters. The maximum Gasteiger partial charge on any atom is 0.152 e. The summed E-state index contributed by atoms with van der Waals surface area (Å²) in [6.45, 7) is 8.08. The number of hydrogen-bond acceptors (Lipinski definition) is 4. The number of nitrogens with one attached hydrogen (secondary N) is 1. The van der Waals surface area contributed by atoms with Crippen molar-refractivity contribution in [3.8, 4) is 0 Å². The van der Waals surface area contributed by atoms with Gasteiger partial charge in [0.25, 0.3) is 0 Å². The summed E-state index contributed by atoms with van der Waals surface area (Å²) in [5.41, 5.74) is 2.02. The summed E-state index contributed by atoms with van der Waals surface area (Å²) < 4.78 is 26.2. The van der Waals surface area contributed by atoms with Crippen LogP contribution < -0.4 is 5.32 Å². The molecular formula is C14H23N3O2S. The topological polar surface area (TPSA) is 64.0 Å². The van der Waals surface area contributed by atoms with E-state index in [0.717, 1.165) is 31.0 Å². The zero-order valence-corrected chi connectivity index (χ0v) is 13.3. The van der Waals surface area contributed by atoms with E-state index in [4.69, 9.17) is 4.98 Å². The number of nitrogens with zero attached hydrogens (tertiary/aromatic N) is 2. The molecular weight excluding hydrogens is 274 g/mol. The molecule has 20 heavy (non-hydrogen) atoms. The van der Waals surface area contributed by atoms with Gasteiger partial charge in [-0.15, -0.1) is 0 Å². The number of fused-ring (bicyclic) bond motifs is 1. The lowest BCUT2D eigenvalue weighted by molar-refractivity contribution is 0.336. The SMILES string of the molecule is CC(C)c1nc2c(n1C1(C)CCS(=O)(=O)C1)CCNC2. The van der Waals surface area contributed by atoms with Crippen LogP contribution in [0.3, 0.4) is 0 Å². The van der Waals surface area contributed by atoms with Crippen LogP contribution in [0, 0.1) is 0 Å². The molecule has 1 fully saturated rings. The first-order valence-electron chi connectivity index (χ1n) is 7.34. The van der Waals surface area contributed by atoms with Gasteiger partial charge in [-0.05, 0) is 13.3 Å². The number of hydrogen-bond donors (Lipinski definition) is 1. The van der Waals surface area contributed by atoms with Crippen molar-refractivity contribution in [2.75, 3.05) is 18.1 Å². The van der Waals surface area contributed by atoms with Crippen molar-refractivity contribution >= 4 is 9.84 Å². The molecule has 1 saturated heterocycles. The molecule has 1 aromatic heterocycles. The lowest BCUT2D eigenvalue weighted by Gasteiger charge is -2.31. The molecule has 112 valence electrons. The van der Waals surface area contributed by atoms with Crippen LogP contribution in [0.5, 0.6) is 0 Å². The molecule has 6 heteroatoms. The minimum atomic E-state index is -2.91. The van der Waals surface area contributed by atoms with Gasteiger partial charge in [-0.1, -0.05) is 13.8 Å². The molecule has 0 saturated carbocycles. The Morgan fingerprint density at radius 1 is 1.40 bits per heavy atom. The van der Waals surface area contributed by atoms with Crippen LogP contribution in [0.2, 0.25) is 0 Å². The van der Waals surface area contributed by atoms with E-state index in [0.29, 0.717) is 18.1 Å². The molecule has 2 aliphatic heterocycles. The first-order chi connectivity index (χ1) is 9.32. The Morgan fingerprint density at radius 2 is 2.15 bits per heavy atom. The number of sulfone groups is 1. The van der Waals surface area contributed by atoms with E-state index in [2.05, 4.69) is 30.7 Å². The van der Waals surface area contributed by atoms with Crippen molar-refractivity contribution in [1.29, 1.82) is 0 Å². The summed E-state index contributed by atoms with van der Waals surface area (Å²) in [6, 6.07) is 0. The van der Waals surface area contributed by atoms with Crippen LogP contribution >= 0.6 is 0 Å². The van der Waals surface area contributed by atoms with Crippen LogP contribution in [0.25, 0.3) is 0 Å². The molecule has 1 unspecified atom stereocenters. The fourth-order valence-corrected chi connectivity index (χ4v) is 5.61. The third-order valence-corrected chi connectivity index (χ3v) is 6.34. The maximum atomic E-state index is 11.9. The highest BCUT2D eigenvalue weighted by molar-refractivity contribution is 7.91. The van der Waals surface area contributed by atoms with Gasteiger partial charge in [-0.3, -0.25) is 0 Å². The van der Waals surface area contributed by atoms with E-state index in [-0.39, 0.29) is 11.3 Å². The van der Waals surface area contributed by atoms with Crippen LogP contribution in [0.15, 0.2) is 0 Å². The Bertz CT molecular complexity index is 633. The Kier molecular flexibility index (Phi) is 3.21. The smallest absolute Gasteiger partial charge is 0.152 e. The molecule has 5 nitrogen and oxygen atoms in total. The third-order valence-electron chi connectivity index (χ3n) is 4.45. The Hall–Kier alpha value is -0.880. The summed E-state index contributed by atoms with van der Waals surface area (Å²) in [4.78, 5) is 4.79. The van der Waals surface area contributed by atoms with Crippen LogP contribution in [-0.4, -0.2) is 36.0 Å². The van der Waals surface area contributed by atoms with Gasteiger partial charge in [0.2, 0.25) is 0 Å². The lowest BCUT2D eigenvalue weighted by atomic mass is 9.98. The Labute approximate surface area is 120 Å². The monoisotopic (exact) mass is 297 g/mol. The first-order valence-corrected chi connectivity index (χ1v) is 9.16. The van der Waals surface area contributed by atoms with Gasteiger partial charge in [0.05, 0.1) is 22.7 Å². The molecule has 3 heterocycles. The lowest BCUT2D eigenvalue weighted by Crippen LogP contribution is -2.36. The maximum absolute atomic E-state index is 11.9. The van der Waals surface area contributed by atoms with Crippen LogP contribution in [-0.2, 0) is 28.3 Å². The van der Waals surface area contributed by atoms with Crippen LogP contribution in [0.4, 0.5) is 0 Å². The van der Waals surface area contributed by atoms with Crippen molar-refractivity contribution in [3.63, 3.8) is 0 Å². The quantitative estimate of drug-likeness (QED) is 0.890. The van der Waals surface area contributed by atoms with E-state index >= 15 is 0 Å². The second-order valence-corrected chi connectivity index (χ2v) is 8.80. The summed E-state index contributed by atoms with van der Waals surface area (Å²) in [5.74, 6) is 1.89. The van der Waals surface area contributed by atoms with E-state index in [9.17, 15) is 8.42 Å². The van der Waals surface area contributed by atoms with Crippen LogP contribution in [0.1, 0.15) is 50.3 Å². The standard InChI is InChI=1S/C14H23N3O2S/c1-10(2)13-16-11-8-15-6-4-12(11)17(13)14(3)5-7-20(18,19)9-14/h10,15H,4-9H2,1-3H3. The molecule has 0 aromatic carbocycles. The third kappa shape index (κ3) is 2.19. The molecule has 1 aromatic rings. The van der Waals surface area contributed by atoms with Gasteiger partial charge in [-0.25, -0.2) is 13.4 Å². The minimum absolute atomic E-state index is 0.246. The molecule has 0 radical (unpaired) electrons. The largest absolute Gasteiger partial charge is 0.325 e. The van der Waals surface area contributed by atoms with Gasteiger partial charge in [0, 0.05) is 31.1 Å². The molecule has 3 rings (SSSR count). The molecule has 0 amide bonds. The summed E-state index contributed by atoms with van der Waals surface area (Å²) in [5, 5.41) is 3.35. The fourth-order valence-electron chi connectivity index (χ4n) is 3.49. The molecule has 0 aliphatic carbocycles. The van der Waals surface area contributed by atoms with E-state index in [1.165, 1.54) is 5.69 Å². The first kappa shape index (κ1) is 14.1. The van der Waals surface area contributed by atoms with Crippen molar-refractivity contribution in [2.45, 2.75) is 51.6 Å². The zero-order chi connectivity index (χ0) is 14.5. The number of aromatic nitrogens is 2.